The van der Waals surface area contributed by atoms with Crippen molar-refractivity contribution in [2.75, 3.05) is 0 Å². The zero-order valence-electron chi connectivity index (χ0n) is 13.4. The molecule has 118 valence electrons. The lowest BCUT2D eigenvalue weighted by Crippen LogP contribution is -1.86. The number of aryl methyl sites for hydroxylation is 1. The quantitative estimate of drug-likeness (QED) is 0.396. The van der Waals surface area contributed by atoms with Gasteiger partial charge >= 0.3 is 0 Å². The molecule has 0 radical (unpaired) electrons. The van der Waals surface area contributed by atoms with Crippen LogP contribution in [0.1, 0.15) is 16.7 Å². The SMILES string of the molecule is Cc1ccc(-c2cc3cc(Cc4ccccc4)ccc3s2)c(F)c1. The fourth-order valence-corrected chi connectivity index (χ4v) is 4.06. The van der Waals surface area contributed by atoms with Crippen LogP contribution in [0.2, 0.25) is 0 Å². The fraction of sp³-hybridized carbons (Fsp3) is 0.0909. The summed E-state index contributed by atoms with van der Waals surface area (Å²) in [6.07, 6.45) is 0.918. The van der Waals surface area contributed by atoms with E-state index in [0.29, 0.717) is 5.56 Å². The summed E-state index contributed by atoms with van der Waals surface area (Å²) in [5.41, 5.74) is 4.22. The van der Waals surface area contributed by atoms with E-state index in [1.54, 1.807) is 17.4 Å². The van der Waals surface area contributed by atoms with Crippen molar-refractivity contribution >= 4 is 21.4 Å². The minimum atomic E-state index is -0.147. The molecule has 0 saturated carbocycles. The zero-order chi connectivity index (χ0) is 16.5. The average Bonchev–Trinajstić information content (AvgIpc) is 2.98. The molecule has 2 heteroatoms. The molecule has 0 atom stereocenters. The third kappa shape index (κ3) is 2.98. The van der Waals surface area contributed by atoms with Crippen molar-refractivity contribution < 1.29 is 4.39 Å². The highest BCUT2D eigenvalue weighted by atomic mass is 32.1. The Morgan fingerprint density at radius 3 is 2.46 bits per heavy atom. The van der Waals surface area contributed by atoms with Crippen LogP contribution in [0, 0.1) is 12.7 Å². The third-order valence-corrected chi connectivity index (χ3v) is 5.37. The van der Waals surface area contributed by atoms with Crippen LogP contribution >= 0.6 is 11.3 Å². The molecular weight excluding hydrogens is 315 g/mol. The lowest BCUT2D eigenvalue weighted by molar-refractivity contribution is 0.630. The van der Waals surface area contributed by atoms with Crippen LogP contribution in [0.4, 0.5) is 4.39 Å². The molecule has 1 heterocycles. The standard InChI is InChI=1S/C22H17FS/c1-15-7-9-19(20(23)11-15)22-14-18-13-17(8-10-21(18)24-22)12-16-5-3-2-4-6-16/h2-11,13-14H,12H2,1H3. The fourth-order valence-electron chi connectivity index (χ4n) is 2.99. The zero-order valence-corrected chi connectivity index (χ0v) is 14.2. The van der Waals surface area contributed by atoms with Crippen LogP contribution in [-0.2, 0) is 6.42 Å². The van der Waals surface area contributed by atoms with E-state index in [4.69, 9.17) is 0 Å². The first kappa shape index (κ1) is 15.1. The van der Waals surface area contributed by atoms with Gasteiger partial charge in [-0.05, 0) is 59.7 Å². The molecule has 0 bridgehead atoms. The maximum absolute atomic E-state index is 14.2. The van der Waals surface area contributed by atoms with Crippen molar-refractivity contribution in [2.24, 2.45) is 0 Å². The Kier molecular flexibility index (Phi) is 3.91. The molecule has 0 aliphatic heterocycles. The molecule has 24 heavy (non-hydrogen) atoms. The largest absolute Gasteiger partial charge is 0.206 e. The van der Waals surface area contributed by atoms with Gasteiger partial charge in [0, 0.05) is 15.1 Å². The van der Waals surface area contributed by atoms with Crippen LogP contribution in [0.5, 0.6) is 0 Å². The van der Waals surface area contributed by atoms with Gasteiger partial charge < -0.3 is 0 Å². The normalized spacial score (nSPS) is 11.1. The first-order chi connectivity index (χ1) is 11.7. The van der Waals surface area contributed by atoms with Gasteiger partial charge in [0.2, 0.25) is 0 Å². The summed E-state index contributed by atoms with van der Waals surface area (Å²) in [6, 6.07) is 24.5. The van der Waals surface area contributed by atoms with Gasteiger partial charge in [0.05, 0.1) is 0 Å². The maximum Gasteiger partial charge on any atom is 0.132 e. The molecule has 0 aliphatic rings. The van der Waals surface area contributed by atoms with Gasteiger partial charge in [-0.2, -0.15) is 0 Å². The molecule has 0 spiro atoms. The van der Waals surface area contributed by atoms with E-state index in [1.807, 2.05) is 25.1 Å². The number of hydrogen-bond acceptors (Lipinski definition) is 1. The Hall–Kier alpha value is -2.45. The van der Waals surface area contributed by atoms with Crippen LogP contribution < -0.4 is 0 Å². The maximum atomic E-state index is 14.2. The van der Waals surface area contributed by atoms with Gasteiger partial charge in [0.25, 0.3) is 0 Å². The van der Waals surface area contributed by atoms with Crippen LogP contribution in [0.15, 0.2) is 72.8 Å². The molecule has 0 fully saturated rings. The second-order valence-electron chi connectivity index (χ2n) is 6.13. The molecule has 3 aromatic carbocycles. The number of hydrogen-bond donors (Lipinski definition) is 0. The smallest absolute Gasteiger partial charge is 0.132 e. The second-order valence-corrected chi connectivity index (χ2v) is 7.21. The van der Waals surface area contributed by atoms with Crippen molar-refractivity contribution in [2.45, 2.75) is 13.3 Å². The van der Waals surface area contributed by atoms with Crippen LogP contribution in [0.3, 0.4) is 0 Å². The van der Waals surface area contributed by atoms with Crippen molar-refractivity contribution in [3.8, 4) is 10.4 Å². The summed E-state index contributed by atoms with van der Waals surface area (Å²) in [5, 5.41) is 1.18. The number of benzene rings is 3. The first-order valence-corrected chi connectivity index (χ1v) is 8.83. The van der Waals surface area contributed by atoms with E-state index < -0.39 is 0 Å². The predicted octanol–water partition coefficient (Wildman–Crippen LogP) is 6.61. The van der Waals surface area contributed by atoms with E-state index in [9.17, 15) is 4.39 Å². The van der Waals surface area contributed by atoms with E-state index in [-0.39, 0.29) is 5.82 Å². The minimum absolute atomic E-state index is 0.147. The lowest BCUT2D eigenvalue weighted by Gasteiger charge is -2.01. The Morgan fingerprint density at radius 1 is 0.833 bits per heavy atom. The molecule has 0 amide bonds. The van der Waals surface area contributed by atoms with E-state index in [2.05, 4.69) is 48.5 Å². The molecular formula is C22H17FS. The molecule has 4 rings (SSSR count). The van der Waals surface area contributed by atoms with E-state index >= 15 is 0 Å². The van der Waals surface area contributed by atoms with Crippen LogP contribution in [-0.4, -0.2) is 0 Å². The summed E-state index contributed by atoms with van der Waals surface area (Å²) in [7, 11) is 0. The first-order valence-electron chi connectivity index (χ1n) is 8.02. The third-order valence-electron chi connectivity index (χ3n) is 4.22. The summed E-state index contributed by atoms with van der Waals surface area (Å²) < 4.78 is 15.4. The highest BCUT2D eigenvalue weighted by molar-refractivity contribution is 7.22. The minimum Gasteiger partial charge on any atom is -0.206 e. The summed E-state index contributed by atoms with van der Waals surface area (Å²) in [6.45, 7) is 1.91. The number of halogens is 1. The van der Waals surface area contributed by atoms with E-state index in [1.165, 1.54) is 21.2 Å². The molecule has 0 saturated heterocycles. The van der Waals surface area contributed by atoms with Gasteiger partial charge in [0.15, 0.2) is 0 Å². The predicted molar refractivity (Wildman–Crippen MR) is 101 cm³/mol. The summed E-state index contributed by atoms with van der Waals surface area (Å²) >= 11 is 1.65. The number of fused-ring (bicyclic) bond motifs is 1. The highest BCUT2D eigenvalue weighted by Gasteiger charge is 2.10. The number of thiophene rings is 1. The van der Waals surface area contributed by atoms with Gasteiger partial charge in [-0.25, -0.2) is 4.39 Å². The Balaban J connectivity index is 1.71. The Bertz CT molecular complexity index is 999. The van der Waals surface area contributed by atoms with Gasteiger partial charge in [-0.1, -0.05) is 48.5 Å². The number of rotatable bonds is 3. The van der Waals surface area contributed by atoms with Crippen molar-refractivity contribution in [1.29, 1.82) is 0 Å². The molecule has 0 N–H and O–H groups in total. The molecule has 0 aliphatic carbocycles. The molecule has 0 unspecified atom stereocenters. The van der Waals surface area contributed by atoms with Gasteiger partial charge in [-0.15, -0.1) is 11.3 Å². The van der Waals surface area contributed by atoms with Crippen molar-refractivity contribution in [3.63, 3.8) is 0 Å². The summed E-state index contributed by atoms with van der Waals surface area (Å²) in [5.74, 6) is -0.147. The van der Waals surface area contributed by atoms with Crippen molar-refractivity contribution in [1.82, 2.24) is 0 Å². The molecule has 1 aromatic heterocycles. The van der Waals surface area contributed by atoms with Crippen LogP contribution in [0.25, 0.3) is 20.5 Å². The van der Waals surface area contributed by atoms with Gasteiger partial charge in [0.1, 0.15) is 5.82 Å². The monoisotopic (exact) mass is 332 g/mol. The van der Waals surface area contributed by atoms with E-state index in [0.717, 1.165) is 16.9 Å². The second kappa shape index (κ2) is 6.21. The lowest BCUT2D eigenvalue weighted by atomic mass is 10.0. The average molecular weight is 332 g/mol. The van der Waals surface area contributed by atoms with Crippen molar-refractivity contribution in [3.05, 3.63) is 95.3 Å². The topological polar surface area (TPSA) is 0 Å². The van der Waals surface area contributed by atoms with Gasteiger partial charge in [-0.3, -0.25) is 0 Å². The molecule has 0 nitrogen and oxygen atoms in total. The summed E-state index contributed by atoms with van der Waals surface area (Å²) in [4.78, 5) is 0.986. The Morgan fingerprint density at radius 2 is 1.67 bits per heavy atom. The molecule has 4 aromatic rings. The highest BCUT2D eigenvalue weighted by Crippen LogP contribution is 2.35. The Labute approximate surface area is 145 Å².